The van der Waals surface area contributed by atoms with Gasteiger partial charge in [-0.25, -0.2) is 9.37 Å². The first kappa shape index (κ1) is 13.6. The number of hydrogen-bond donors (Lipinski definition) is 0. The molecular formula is C16H11ClFNO2. The van der Waals surface area contributed by atoms with Gasteiger partial charge >= 0.3 is 0 Å². The quantitative estimate of drug-likeness (QED) is 0.700. The largest absolute Gasteiger partial charge is 0.486 e. The number of halogens is 2. The van der Waals surface area contributed by atoms with Crippen molar-refractivity contribution in [3.8, 4) is 17.2 Å². The average Bonchev–Trinajstić information content (AvgIpc) is 2.96. The second-order valence-corrected chi connectivity index (χ2v) is 4.78. The van der Waals surface area contributed by atoms with E-state index in [1.807, 2.05) is 30.3 Å². The van der Waals surface area contributed by atoms with Crippen molar-refractivity contribution in [2.24, 2.45) is 0 Å². The van der Waals surface area contributed by atoms with E-state index in [9.17, 15) is 4.39 Å². The van der Waals surface area contributed by atoms with Crippen LogP contribution in [0.1, 0.15) is 5.69 Å². The Morgan fingerprint density at radius 2 is 1.95 bits per heavy atom. The molecule has 1 aromatic heterocycles. The van der Waals surface area contributed by atoms with Crippen molar-refractivity contribution in [2.45, 2.75) is 6.61 Å². The van der Waals surface area contributed by atoms with Crippen molar-refractivity contribution in [3.05, 3.63) is 71.3 Å². The predicted octanol–water partition coefficient (Wildman–Crippen LogP) is 4.71. The third-order valence-corrected chi connectivity index (χ3v) is 3.14. The molecule has 0 aliphatic carbocycles. The molecule has 0 aliphatic rings. The maximum absolute atomic E-state index is 12.9. The maximum atomic E-state index is 12.9. The van der Waals surface area contributed by atoms with Crippen LogP contribution in [0.5, 0.6) is 5.75 Å². The molecule has 21 heavy (non-hydrogen) atoms. The summed E-state index contributed by atoms with van der Waals surface area (Å²) in [4.78, 5) is 4.33. The van der Waals surface area contributed by atoms with E-state index in [0.717, 1.165) is 5.56 Å². The molecule has 3 rings (SSSR count). The van der Waals surface area contributed by atoms with Crippen LogP contribution in [0.2, 0.25) is 5.02 Å². The summed E-state index contributed by atoms with van der Waals surface area (Å²) in [5.41, 5.74) is 1.53. The van der Waals surface area contributed by atoms with E-state index < -0.39 is 5.82 Å². The van der Waals surface area contributed by atoms with E-state index in [4.69, 9.17) is 20.8 Å². The van der Waals surface area contributed by atoms with Crippen molar-refractivity contribution in [1.29, 1.82) is 0 Å². The Kier molecular flexibility index (Phi) is 3.88. The summed E-state index contributed by atoms with van der Waals surface area (Å²) in [6.45, 7) is 0.196. The highest BCUT2D eigenvalue weighted by Crippen LogP contribution is 2.26. The van der Waals surface area contributed by atoms with E-state index in [1.165, 1.54) is 24.5 Å². The molecule has 0 spiro atoms. The minimum atomic E-state index is -0.403. The Morgan fingerprint density at radius 3 is 2.71 bits per heavy atom. The van der Waals surface area contributed by atoms with Gasteiger partial charge in [0.25, 0.3) is 0 Å². The lowest BCUT2D eigenvalue weighted by atomic mass is 10.2. The maximum Gasteiger partial charge on any atom is 0.226 e. The Balaban J connectivity index is 1.70. The summed E-state index contributed by atoms with van der Waals surface area (Å²) >= 11 is 5.89. The molecule has 0 saturated carbocycles. The molecule has 2 aromatic carbocycles. The van der Waals surface area contributed by atoms with Crippen molar-refractivity contribution >= 4 is 11.6 Å². The second kappa shape index (κ2) is 5.97. The lowest BCUT2D eigenvalue weighted by Crippen LogP contribution is -1.96. The molecule has 0 N–H and O–H groups in total. The second-order valence-electron chi connectivity index (χ2n) is 4.37. The molecule has 5 heteroatoms. The molecule has 0 saturated heterocycles. The van der Waals surface area contributed by atoms with Crippen LogP contribution in [-0.4, -0.2) is 4.98 Å². The lowest BCUT2D eigenvalue weighted by Gasteiger charge is -2.05. The van der Waals surface area contributed by atoms with E-state index >= 15 is 0 Å². The van der Waals surface area contributed by atoms with Gasteiger partial charge in [0.05, 0.1) is 5.02 Å². The topological polar surface area (TPSA) is 35.3 Å². The van der Waals surface area contributed by atoms with Gasteiger partial charge in [-0.1, -0.05) is 29.8 Å². The SMILES string of the molecule is Fc1ccc(OCc2coc(-c3ccccc3)n2)c(Cl)c1. The Hall–Kier alpha value is -2.33. The molecule has 0 atom stereocenters. The van der Waals surface area contributed by atoms with Gasteiger partial charge in [0, 0.05) is 5.56 Å². The van der Waals surface area contributed by atoms with E-state index in [2.05, 4.69) is 4.98 Å². The molecule has 106 valence electrons. The van der Waals surface area contributed by atoms with E-state index in [-0.39, 0.29) is 11.6 Å². The summed E-state index contributed by atoms with van der Waals surface area (Å²) in [5.74, 6) is 0.530. The molecule has 0 fully saturated rings. The van der Waals surface area contributed by atoms with Crippen LogP contribution in [0.4, 0.5) is 4.39 Å². The minimum absolute atomic E-state index is 0.196. The van der Waals surface area contributed by atoms with Gasteiger partial charge in [0.15, 0.2) is 0 Å². The Morgan fingerprint density at radius 1 is 1.14 bits per heavy atom. The van der Waals surface area contributed by atoms with Gasteiger partial charge in [0.1, 0.15) is 30.1 Å². The third kappa shape index (κ3) is 3.23. The predicted molar refractivity (Wildman–Crippen MR) is 77.7 cm³/mol. The van der Waals surface area contributed by atoms with Crippen LogP contribution >= 0.6 is 11.6 Å². The standard InChI is InChI=1S/C16H11ClFNO2/c17-14-8-12(18)6-7-15(14)20-9-13-10-21-16(19-13)11-4-2-1-3-5-11/h1-8,10H,9H2. The van der Waals surface area contributed by atoms with Crippen molar-refractivity contribution in [1.82, 2.24) is 4.98 Å². The molecule has 0 radical (unpaired) electrons. The van der Waals surface area contributed by atoms with Crippen LogP contribution in [0, 0.1) is 5.82 Å². The highest BCUT2D eigenvalue weighted by molar-refractivity contribution is 6.32. The Bertz CT molecular complexity index is 743. The molecule has 1 heterocycles. The summed E-state index contributed by atoms with van der Waals surface area (Å²) in [5, 5.41) is 0.224. The van der Waals surface area contributed by atoms with Crippen LogP contribution in [-0.2, 0) is 6.61 Å². The monoisotopic (exact) mass is 303 g/mol. The number of hydrogen-bond acceptors (Lipinski definition) is 3. The van der Waals surface area contributed by atoms with Gasteiger partial charge < -0.3 is 9.15 Å². The van der Waals surface area contributed by atoms with Gasteiger partial charge in [-0.15, -0.1) is 0 Å². The van der Waals surface area contributed by atoms with Gasteiger partial charge in [-0.05, 0) is 30.3 Å². The average molecular weight is 304 g/mol. The fourth-order valence-corrected chi connectivity index (χ4v) is 2.05. The Labute approximate surface area is 126 Å². The number of nitrogens with zero attached hydrogens (tertiary/aromatic N) is 1. The zero-order valence-corrected chi connectivity index (χ0v) is 11.7. The van der Waals surface area contributed by atoms with Crippen LogP contribution in [0.25, 0.3) is 11.5 Å². The zero-order chi connectivity index (χ0) is 14.7. The minimum Gasteiger partial charge on any atom is -0.486 e. The van der Waals surface area contributed by atoms with Gasteiger partial charge in [-0.3, -0.25) is 0 Å². The summed E-state index contributed by atoms with van der Waals surface area (Å²) in [7, 11) is 0. The fourth-order valence-electron chi connectivity index (χ4n) is 1.83. The molecular weight excluding hydrogens is 293 g/mol. The van der Waals surface area contributed by atoms with Crippen LogP contribution in [0.3, 0.4) is 0 Å². The highest BCUT2D eigenvalue weighted by Gasteiger charge is 2.08. The normalized spacial score (nSPS) is 10.6. The molecule has 3 nitrogen and oxygen atoms in total. The molecule has 0 unspecified atom stereocenters. The van der Waals surface area contributed by atoms with Gasteiger partial charge in [-0.2, -0.15) is 0 Å². The lowest BCUT2D eigenvalue weighted by molar-refractivity contribution is 0.300. The molecule has 0 amide bonds. The molecule has 0 bridgehead atoms. The van der Waals surface area contributed by atoms with E-state index in [1.54, 1.807) is 0 Å². The summed E-state index contributed by atoms with van der Waals surface area (Å²) in [6, 6.07) is 13.5. The number of oxazole rings is 1. The van der Waals surface area contributed by atoms with Crippen molar-refractivity contribution < 1.29 is 13.5 Å². The number of rotatable bonds is 4. The summed E-state index contributed by atoms with van der Waals surface area (Å²) in [6.07, 6.45) is 1.53. The first-order chi connectivity index (χ1) is 10.2. The first-order valence-electron chi connectivity index (χ1n) is 6.30. The zero-order valence-electron chi connectivity index (χ0n) is 10.9. The van der Waals surface area contributed by atoms with Crippen LogP contribution < -0.4 is 4.74 Å². The highest BCUT2D eigenvalue weighted by atomic mass is 35.5. The molecule has 3 aromatic rings. The van der Waals surface area contributed by atoms with Crippen LogP contribution in [0.15, 0.2) is 59.2 Å². The number of aromatic nitrogens is 1. The smallest absolute Gasteiger partial charge is 0.226 e. The summed E-state index contributed by atoms with van der Waals surface area (Å²) < 4.78 is 23.8. The number of benzene rings is 2. The van der Waals surface area contributed by atoms with Crippen molar-refractivity contribution in [3.63, 3.8) is 0 Å². The van der Waals surface area contributed by atoms with Crippen molar-refractivity contribution in [2.75, 3.05) is 0 Å². The molecule has 0 aliphatic heterocycles. The fraction of sp³-hybridized carbons (Fsp3) is 0.0625. The van der Waals surface area contributed by atoms with E-state index in [0.29, 0.717) is 17.3 Å². The number of ether oxygens (including phenoxy) is 1. The van der Waals surface area contributed by atoms with Gasteiger partial charge in [0.2, 0.25) is 5.89 Å². The first-order valence-corrected chi connectivity index (χ1v) is 6.68. The third-order valence-electron chi connectivity index (χ3n) is 2.84.